The molecule has 21 heavy (non-hydrogen) atoms. The Bertz CT molecular complexity index is 683. The van der Waals surface area contributed by atoms with Gasteiger partial charge in [0.2, 0.25) is 0 Å². The van der Waals surface area contributed by atoms with E-state index in [1.165, 1.54) is 0 Å². The van der Waals surface area contributed by atoms with Crippen molar-refractivity contribution in [3.8, 4) is 17.0 Å². The highest BCUT2D eigenvalue weighted by molar-refractivity contribution is 5.99. The van der Waals surface area contributed by atoms with Crippen LogP contribution in [0.5, 0.6) is 5.75 Å². The number of hydrogen-bond donors (Lipinski definition) is 1. The predicted molar refractivity (Wildman–Crippen MR) is 79.6 cm³/mol. The third-order valence-corrected chi connectivity index (χ3v) is 3.45. The van der Waals surface area contributed by atoms with Crippen LogP contribution in [-0.4, -0.2) is 43.0 Å². The second-order valence-electron chi connectivity index (χ2n) is 5.31. The zero-order valence-electron chi connectivity index (χ0n) is 12.2. The number of nitrogens with two attached hydrogens (primary N) is 1. The van der Waals surface area contributed by atoms with Crippen LogP contribution in [0.1, 0.15) is 10.4 Å². The van der Waals surface area contributed by atoms with E-state index in [1.54, 1.807) is 17.6 Å². The minimum Gasteiger partial charge on any atom is -0.492 e. The third-order valence-electron chi connectivity index (χ3n) is 3.45. The average molecular weight is 284 g/mol. The van der Waals surface area contributed by atoms with Crippen molar-refractivity contribution in [2.75, 3.05) is 27.2 Å². The number of carbonyl (C=O) groups is 1. The van der Waals surface area contributed by atoms with Gasteiger partial charge in [-0.25, -0.2) is 10.1 Å². The van der Waals surface area contributed by atoms with E-state index in [0.29, 0.717) is 12.2 Å². The first kappa shape index (κ1) is 13.7. The number of fused-ring (bicyclic) bond motifs is 3. The van der Waals surface area contributed by atoms with Crippen LogP contribution in [0.25, 0.3) is 11.3 Å². The number of nitrogens with zero attached hydrogens (tertiary/aromatic N) is 2. The molecule has 0 bridgehead atoms. The Hall–Kier alpha value is -2.24. The predicted octanol–water partition coefficient (Wildman–Crippen LogP) is 1.04. The van der Waals surface area contributed by atoms with E-state index in [-0.39, 0.29) is 5.91 Å². The molecule has 0 atom stereocenters. The number of aromatic nitrogens is 1. The smallest absolute Gasteiger partial charge is 0.349 e. The van der Waals surface area contributed by atoms with Gasteiger partial charge in [0.1, 0.15) is 17.9 Å². The second-order valence-corrected chi connectivity index (χ2v) is 5.31. The Morgan fingerprint density at radius 1 is 1.24 bits per heavy atom. The fraction of sp³-hybridized carbons (Fsp3) is 0.250. The number of rotatable bonds is 4. The molecule has 2 N–H and O–H groups in total. The third kappa shape index (κ3) is 2.79. The van der Waals surface area contributed by atoms with Crippen LogP contribution in [0.15, 0.2) is 36.5 Å². The summed E-state index contributed by atoms with van der Waals surface area (Å²) in [5.74, 6) is 0.773. The number of benzene rings is 1. The van der Waals surface area contributed by atoms with Crippen LogP contribution in [-0.2, 0) is 0 Å². The van der Waals surface area contributed by atoms with Crippen molar-refractivity contribution < 1.29 is 14.8 Å². The molecule has 1 amide bonds. The Morgan fingerprint density at radius 2 is 2.10 bits per heavy atom. The first-order valence-corrected chi connectivity index (χ1v) is 6.91. The highest BCUT2D eigenvalue weighted by Gasteiger charge is 2.27. The summed E-state index contributed by atoms with van der Waals surface area (Å²) in [5, 5.41) is 1.65. The lowest BCUT2D eigenvalue weighted by atomic mass is 9.99. The van der Waals surface area contributed by atoms with Crippen LogP contribution in [0.2, 0.25) is 0 Å². The van der Waals surface area contributed by atoms with Crippen molar-refractivity contribution in [1.29, 1.82) is 0 Å². The van der Waals surface area contributed by atoms with E-state index >= 15 is 0 Å². The molecule has 1 aliphatic heterocycles. The lowest BCUT2D eigenvalue weighted by Gasteiger charge is -2.16. The monoisotopic (exact) mass is 284 g/mol. The molecule has 0 spiro atoms. The van der Waals surface area contributed by atoms with Gasteiger partial charge >= 0.3 is 5.91 Å². The van der Waals surface area contributed by atoms with Gasteiger partial charge in [0.05, 0.1) is 11.3 Å². The van der Waals surface area contributed by atoms with Crippen molar-refractivity contribution in [2.45, 2.75) is 0 Å². The van der Waals surface area contributed by atoms with Gasteiger partial charge in [-0.15, -0.1) is 0 Å². The topological polar surface area (TPSA) is 59.0 Å². The molecule has 0 fully saturated rings. The number of quaternary nitrogens is 1. The first-order valence-electron chi connectivity index (χ1n) is 6.91. The van der Waals surface area contributed by atoms with E-state index in [4.69, 9.17) is 4.74 Å². The fourth-order valence-corrected chi connectivity index (χ4v) is 2.35. The van der Waals surface area contributed by atoms with Crippen LogP contribution in [0.3, 0.4) is 0 Å². The lowest BCUT2D eigenvalue weighted by molar-refractivity contribution is -0.464. The van der Waals surface area contributed by atoms with E-state index in [9.17, 15) is 4.79 Å². The maximum absolute atomic E-state index is 12.1. The van der Waals surface area contributed by atoms with E-state index in [1.807, 2.05) is 38.4 Å². The van der Waals surface area contributed by atoms with Gasteiger partial charge < -0.3 is 9.64 Å². The number of carbonyl (C=O) groups excluding carboxylic acids is 1. The standard InChI is InChI=1S/C16H17N3O2/c1-19(2)8-9-21-11-5-6-12-14(10-11)18-16(20)13-4-3-7-17-15(12)13/h3-7,10H,8-9H2,1-2H3,(H,18,20)/p+1. The molecule has 5 heteroatoms. The molecule has 108 valence electrons. The van der Waals surface area contributed by atoms with Crippen molar-refractivity contribution in [1.82, 2.24) is 9.88 Å². The first-order chi connectivity index (χ1) is 10.1. The number of ether oxygens (including phenoxy) is 1. The van der Waals surface area contributed by atoms with Gasteiger partial charge in [0.15, 0.2) is 5.69 Å². The quantitative estimate of drug-likeness (QED) is 0.852. The molecule has 0 aliphatic carbocycles. The molecule has 2 aromatic rings. The minimum atomic E-state index is -0.00367. The Morgan fingerprint density at radius 3 is 2.90 bits per heavy atom. The summed E-state index contributed by atoms with van der Waals surface area (Å²) in [6, 6.07) is 9.39. The van der Waals surface area contributed by atoms with Crippen molar-refractivity contribution >= 4 is 11.6 Å². The highest BCUT2D eigenvalue weighted by atomic mass is 16.5. The van der Waals surface area contributed by atoms with E-state index < -0.39 is 0 Å². The average Bonchev–Trinajstić information content (AvgIpc) is 2.47. The Labute approximate surface area is 123 Å². The summed E-state index contributed by atoms with van der Waals surface area (Å²) in [5.41, 5.74) is 3.25. The molecule has 1 aromatic carbocycles. The largest absolute Gasteiger partial charge is 0.492 e. The molecular weight excluding hydrogens is 266 g/mol. The molecule has 5 nitrogen and oxygen atoms in total. The molecule has 0 unspecified atom stereocenters. The van der Waals surface area contributed by atoms with Gasteiger partial charge in [-0.3, -0.25) is 4.98 Å². The molecular formula is C16H18N3O2+. The SMILES string of the molecule is CN(C)CCOc1ccc2c(c1)[NH2+]C(=O)c1cccnc1-2. The maximum atomic E-state index is 12.1. The summed E-state index contributed by atoms with van der Waals surface area (Å²) in [4.78, 5) is 18.5. The summed E-state index contributed by atoms with van der Waals surface area (Å²) in [6.07, 6.45) is 1.71. The summed E-state index contributed by atoms with van der Waals surface area (Å²) in [7, 11) is 4.01. The van der Waals surface area contributed by atoms with Crippen LogP contribution >= 0.6 is 0 Å². The minimum absolute atomic E-state index is 0.00367. The van der Waals surface area contributed by atoms with Crippen LogP contribution in [0, 0.1) is 0 Å². The van der Waals surface area contributed by atoms with Crippen LogP contribution in [0.4, 0.5) is 5.69 Å². The van der Waals surface area contributed by atoms with Gasteiger partial charge in [0, 0.05) is 18.8 Å². The number of primary amides is 1. The van der Waals surface area contributed by atoms with Gasteiger partial charge in [-0.2, -0.15) is 0 Å². The van der Waals surface area contributed by atoms with E-state index in [0.717, 1.165) is 29.2 Å². The van der Waals surface area contributed by atoms with Crippen molar-refractivity contribution in [2.24, 2.45) is 0 Å². The highest BCUT2D eigenvalue weighted by Crippen LogP contribution is 2.31. The molecule has 1 aromatic heterocycles. The summed E-state index contributed by atoms with van der Waals surface area (Å²) in [6.45, 7) is 1.47. The normalized spacial score (nSPS) is 13.0. The van der Waals surface area contributed by atoms with Crippen molar-refractivity contribution in [3.63, 3.8) is 0 Å². The molecule has 1 aliphatic rings. The molecule has 3 rings (SSSR count). The Kier molecular flexibility index (Phi) is 3.68. The van der Waals surface area contributed by atoms with Crippen molar-refractivity contribution in [3.05, 3.63) is 42.1 Å². The zero-order valence-corrected chi connectivity index (χ0v) is 12.2. The molecule has 2 heterocycles. The number of pyridine rings is 1. The second kappa shape index (κ2) is 5.63. The molecule has 0 saturated carbocycles. The van der Waals surface area contributed by atoms with Crippen LogP contribution < -0.4 is 10.1 Å². The number of likely N-dealkylation sites (N-methyl/N-ethyl adjacent to an activating group) is 1. The number of amides is 1. The lowest BCUT2D eigenvalue weighted by Crippen LogP contribution is -2.83. The summed E-state index contributed by atoms with van der Waals surface area (Å²) < 4.78 is 5.71. The fourth-order valence-electron chi connectivity index (χ4n) is 2.35. The Balaban J connectivity index is 1.88. The van der Waals surface area contributed by atoms with Gasteiger partial charge in [-0.05, 0) is 38.4 Å². The number of hydrogen-bond acceptors (Lipinski definition) is 4. The van der Waals surface area contributed by atoms with Gasteiger partial charge in [-0.1, -0.05) is 0 Å². The van der Waals surface area contributed by atoms with E-state index in [2.05, 4.69) is 9.88 Å². The molecule has 0 radical (unpaired) electrons. The zero-order chi connectivity index (χ0) is 14.8. The van der Waals surface area contributed by atoms with Gasteiger partial charge in [0.25, 0.3) is 0 Å². The maximum Gasteiger partial charge on any atom is 0.349 e. The summed E-state index contributed by atoms with van der Waals surface area (Å²) >= 11 is 0. The molecule has 0 saturated heterocycles.